The first-order valence-electron chi connectivity index (χ1n) is 12.4. The number of rotatable bonds is 5. The van der Waals surface area contributed by atoms with E-state index in [4.69, 9.17) is 35.3 Å². The number of Topliss-reactive ketones (excluding diaryl/α,β-unsaturated/α-hetero) is 2. The van der Waals surface area contributed by atoms with Gasteiger partial charge < -0.3 is 34.1 Å². The van der Waals surface area contributed by atoms with Crippen molar-refractivity contribution in [1.82, 2.24) is 5.32 Å². The molecule has 0 radical (unpaired) electrons. The van der Waals surface area contributed by atoms with Crippen molar-refractivity contribution in [3.63, 3.8) is 0 Å². The predicted octanol–water partition coefficient (Wildman–Crippen LogP) is 4.08. The highest BCUT2D eigenvalue weighted by molar-refractivity contribution is 6.36. The van der Waals surface area contributed by atoms with Crippen LogP contribution >= 0.6 is 11.6 Å². The van der Waals surface area contributed by atoms with Crippen LogP contribution in [-0.4, -0.2) is 56.7 Å². The Hall–Kier alpha value is -4.18. The third-order valence-electron chi connectivity index (χ3n) is 7.79. The molecule has 10 nitrogen and oxygen atoms in total. The number of methoxy groups -OCH3 is 4. The van der Waals surface area contributed by atoms with E-state index >= 15 is 0 Å². The number of nitrogens with one attached hydrogen (secondary N) is 1. The summed E-state index contributed by atoms with van der Waals surface area (Å²) in [5.74, 6) is -3.12. The molecule has 0 unspecified atom stereocenters. The van der Waals surface area contributed by atoms with Gasteiger partial charge in [-0.1, -0.05) is 24.6 Å². The highest BCUT2D eigenvalue weighted by Gasteiger charge is 2.63. The quantitative estimate of drug-likeness (QED) is 0.401. The number of phenolic OH excluding ortho intramolecular Hbond substituents is 1. The van der Waals surface area contributed by atoms with E-state index in [0.717, 1.165) is 0 Å². The predicted molar refractivity (Wildman–Crippen MR) is 143 cm³/mol. The van der Waals surface area contributed by atoms with E-state index in [0.29, 0.717) is 17.0 Å². The largest absolute Gasteiger partial charge is 0.504 e. The van der Waals surface area contributed by atoms with E-state index in [1.165, 1.54) is 46.6 Å². The second-order valence-corrected chi connectivity index (χ2v) is 10.2. The zero-order chi connectivity index (χ0) is 29.1. The van der Waals surface area contributed by atoms with E-state index in [2.05, 4.69) is 5.32 Å². The summed E-state index contributed by atoms with van der Waals surface area (Å²) in [6.45, 7) is 3.45. The summed E-state index contributed by atoms with van der Waals surface area (Å²) >= 11 is 6.56. The molecule has 0 saturated carbocycles. The lowest BCUT2D eigenvalue weighted by Crippen LogP contribution is -2.58. The fourth-order valence-electron chi connectivity index (χ4n) is 5.88. The molecule has 2 aliphatic heterocycles. The van der Waals surface area contributed by atoms with Crippen molar-refractivity contribution < 1.29 is 43.2 Å². The minimum atomic E-state index is -1.98. The Labute approximate surface area is 235 Å². The first-order valence-corrected chi connectivity index (χ1v) is 12.8. The van der Waals surface area contributed by atoms with E-state index < -0.39 is 35.0 Å². The molecule has 5 rings (SSSR count). The normalized spacial score (nSPS) is 23.4. The number of carbonyl (C=O) groups excluding carboxylic acids is 3. The number of aromatic hydroxyl groups is 1. The fourth-order valence-corrected chi connectivity index (χ4v) is 6.14. The van der Waals surface area contributed by atoms with E-state index in [1.807, 2.05) is 0 Å². The van der Waals surface area contributed by atoms with Crippen molar-refractivity contribution in [1.29, 1.82) is 0 Å². The van der Waals surface area contributed by atoms with Gasteiger partial charge in [0.25, 0.3) is 0 Å². The van der Waals surface area contributed by atoms with Crippen LogP contribution in [-0.2, 0) is 14.3 Å². The molecule has 3 atom stereocenters. The van der Waals surface area contributed by atoms with E-state index in [1.54, 1.807) is 19.9 Å². The molecule has 11 heteroatoms. The first kappa shape index (κ1) is 27.4. The molecule has 0 bridgehead atoms. The molecule has 210 valence electrons. The maximum atomic E-state index is 14.7. The molecule has 2 aromatic rings. The molecule has 2 N–H and O–H groups in total. The standard InChI is InChI=1S/C29H28ClNO9/c1-12-9-15-22(21(20(13(2)31-15)28(35)39-6)14-7-8-17(36-3)16(32)10-14)26(33)29(12)27(34)23-18(37-4)11-19(38-5)24(30)25(23)40-29/h7-8,10-12,21,31-32H,9H2,1-6H3/t12-,21+,29+/m1/s1. The lowest BCUT2D eigenvalue weighted by molar-refractivity contribution is -0.136. The maximum absolute atomic E-state index is 14.7. The summed E-state index contributed by atoms with van der Waals surface area (Å²) in [6, 6.07) is 6.07. The molecule has 0 amide bonds. The molecule has 0 saturated heterocycles. The van der Waals surface area contributed by atoms with Crippen molar-refractivity contribution in [3.05, 3.63) is 63.0 Å². The molecule has 40 heavy (non-hydrogen) atoms. The first-order chi connectivity index (χ1) is 19.0. The zero-order valence-corrected chi connectivity index (χ0v) is 23.5. The van der Waals surface area contributed by atoms with Crippen LogP contribution in [0, 0.1) is 5.92 Å². The molecular formula is C29H28ClNO9. The Morgan fingerprint density at radius 3 is 2.33 bits per heavy atom. The van der Waals surface area contributed by atoms with Gasteiger partial charge in [-0.2, -0.15) is 0 Å². The average Bonchev–Trinajstić information content (AvgIpc) is 3.25. The molecule has 1 spiro atoms. The minimum Gasteiger partial charge on any atom is -0.504 e. The van der Waals surface area contributed by atoms with Gasteiger partial charge in [0.15, 0.2) is 17.2 Å². The van der Waals surface area contributed by atoms with Crippen molar-refractivity contribution in [3.8, 4) is 28.7 Å². The summed E-state index contributed by atoms with van der Waals surface area (Å²) in [5.41, 5.74) is -0.188. The maximum Gasteiger partial charge on any atom is 0.336 e. The third kappa shape index (κ3) is 3.66. The van der Waals surface area contributed by atoms with E-state index in [-0.39, 0.29) is 56.9 Å². The number of allylic oxidation sites excluding steroid dienone is 2. The van der Waals surface area contributed by atoms with E-state index in [9.17, 15) is 19.5 Å². The van der Waals surface area contributed by atoms with Gasteiger partial charge in [0.2, 0.25) is 17.2 Å². The number of dihydropyridines is 1. The van der Waals surface area contributed by atoms with Gasteiger partial charge >= 0.3 is 5.97 Å². The van der Waals surface area contributed by atoms with Crippen LogP contribution < -0.4 is 24.3 Å². The Bertz CT molecular complexity index is 1540. The number of ether oxygens (including phenoxy) is 5. The number of phenols is 1. The average molecular weight is 570 g/mol. The smallest absolute Gasteiger partial charge is 0.336 e. The summed E-state index contributed by atoms with van der Waals surface area (Å²) in [6.07, 6.45) is 0.238. The van der Waals surface area contributed by atoms with Gasteiger partial charge in [-0.15, -0.1) is 0 Å². The van der Waals surface area contributed by atoms with Gasteiger partial charge in [0, 0.05) is 34.9 Å². The Kier molecular flexibility index (Phi) is 6.70. The van der Waals surface area contributed by atoms with Crippen LogP contribution in [0.25, 0.3) is 0 Å². The zero-order valence-electron chi connectivity index (χ0n) is 22.8. The summed E-state index contributed by atoms with van der Waals surface area (Å²) in [5, 5.41) is 13.8. The molecular weight excluding hydrogens is 542 g/mol. The van der Waals surface area contributed by atoms with Crippen molar-refractivity contribution in [2.75, 3.05) is 28.4 Å². The van der Waals surface area contributed by atoms with Crippen LogP contribution in [0.3, 0.4) is 0 Å². The lowest BCUT2D eigenvalue weighted by atomic mass is 9.65. The summed E-state index contributed by atoms with van der Waals surface area (Å²) in [4.78, 5) is 41.9. The summed E-state index contributed by atoms with van der Waals surface area (Å²) < 4.78 is 27.3. The van der Waals surface area contributed by atoms with Crippen LogP contribution in [0.4, 0.5) is 0 Å². The molecule has 2 aromatic carbocycles. The second-order valence-electron chi connectivity index (χ2n) is 9.81. The minimum absolute atomic E-state index is 0.00515. The van der Waals surface area contributed by atoms with Gasteiger partial charge in [-0.05, 0) is 31.0 Å². The Morgan fingerprint density at radius 2 is 1.73 bits per heavy atom. The van der Waals surface area contributed by atoms with Crippen LogP contribution in [0.1, 0.15) is 42.1 Å². The van der Waals surface area contributed by atoms with Gasteiger partial charge in [-0.25, -0.2) is 4.79 Å². The third-order valence-corrected chi connectivity index (χ3v) is 8.15. The highest BCUT2D eigenvalue weighted by atomic mass is 35.5. The molecule has 2 heterocycles. The number of fused-ring (bicyclic) bond motifs is 1. The number of hydrogen-bond donors (Lipinski definition) is 2. The number of ketones is 2. The molecule has 0 aromatic heterocycles. The van der Waals surface area contributed by atoms with Crippen LogP contribution in [0.15, 0.2) is 46.8 Å². The number of esters is 1. The Balaban J connectivity index is 1.72. The number of benzene rings is 2. The van der Waals surface area contributed by atoms with Crippen LogP contribution in [0.5, 0.6) is 28.7 Å². The van der Waals surface area contributed by atoms with Gasteiger partial charge in [0.05, 0.1) is 34.0 Å². The number of halogens is 1. The highest BCUT2D eigenvalue weighted by Crippen LogP contribution is 2.56. The number of carbonyl (C=O) groups is 3. The van der Waals surface area contributed by atoms with Gasteiger partial charge in [0.1, 0.15) is 22.1 Å². The lowest BCUT2D eigenvalue weighted by Gasteiger charge is -2.42. The number of hydrogen-bond acceptors (Lipinski definition) is 10. The topological polar surface area (TPSA) is 130 Å². The fraction of sp³-hybridized carbons (Fsp3) is 0.345. The molecule has 0 fully saturated rings. The monoisotopic (exact) mass is 569 g/mol. The SMILES string of the molecule is COC(=O)C1=C(C)NC2=C(C(=O)[C@@]3(Oc4c(Cl)c(OC)cc(OC)c4C3=O)[C@H](C)C2)[C@H]1c1ccc(OC)c(O)c1. The second kappa shape index (κ2) is 9.78. The van der Waals surface area contributed by atoms with Gasteiger partial charge in [-0.3, -0.25) is 9.59 Å². The molecule has 1 aliphatic carbocycles. The van der Waals surface area contributed by atoms with Crippen molar-refractivity contribution in [2.24, 2.45) is 5.92 Å². The Morgan fingerprint density at radius 1 is 1.05 bits per heavy atom. The van der Waals surface area contributed by atoms with Crippen molar-refractivity contribution >= 4 is 29.1 Å². The molecule has 3 aliphatic rings. The van der Waals surface area contributed by atoms with Crippen molar-refractivity contribution in [2.45, 2.75) is 31.8 Å². The summed E-state index contributed by atoms with van der Waals surface area (Å²) in [7, 11) is 5.45. The van der Waals surface area contributed by atoms with Crippen LogP contribution in [0.2, 0.25) is 5.02 Å².